The zero-order valence-corrected chi connectivity index (χ0v) is 10.8. The molecule has 2 atom stereocenters. The second-order valence-corrected chi connectivity index (χ2v) is 4.38. The van der Waals surface area contributed by atoms with Crippen LogP contribution in [0, 0.1) is 0 Å². The molecule has 4 nitrogen and oxygen atoms in total. The average Bonchev–Trinajstić information content (AvgIpc) is 2.54. The molecule has 1 aromatic rings. The van der Waals surface area contributed by atoms with E-state index in [0.717, 1.165) is 0 Å². The fourth-order valence-electron chi connectivity index (χ4n) is 1.93. The average molecular weight is 312 g/mol. The molecule has 0 saturated heterocycles. The second-order valence-electron chi connectivity index (χ2n) is 4.38. The van der Waals surface area contributed by atoms with Gasteiger partial charge >= 0.3 is 5.71 Å². The van der Waals surface area contributed by atoms with Crippen molar-refractivity contribution in [2.24, 2.45) is 0 Å². The van der Waals surface area contributed by atoms with Crippen LogP contribution in [-0.2, 0) is 4.79 Å². The molecule has 0 bridgehead atoms. The molecule has 0 amide bonds. The Morgan fingerprint density at radius 2 is 1.77 bits per heavy atom. The molecule has 114 valence electrons. The Balaban J connectivity index is 2.49. The summed E-state index contributed by atoms with van der Waals surface area (Å²) in [6, 6.07) is 7.09. The fraction of sp³-hybridized carbons (Fsp3) is 0.143. The van der Waals surface area contributed by atoms with Gasteiger partial charge in [0.2, 0.25) is 11.6 Å². The summed E-state index contributed by atoms with van der Waals surface area (Å²) in [6.45, 7) is 0. The predicted octanol–water partition coefficient (Wildman–Crippen LogP) is 2.69. The maximum Gasteiger partial charge on any atom is 0.371 e. The van der Waals surface area contributed by atoms with E-state index < -0.39 is 46.8 Å². The third-order valence-corrected chi connectivity index (χ3v) is 3.06. The Bertz CT molecular complexity index is 736. The Labute approximate surface area is 121 Å². The summed E-state index contributed by atoms with van der Waals surface area (Å²) >= 11 is 0. The molecule has 8 heteroatoms. The molecule has 0 saturated carbocycles. The van der Waals surface area contributed by atoms with Gasteiger partial charge in [0.1, 0.15) is 6.10 Å². The molecule has 0 aliphatic heterocycles. The molecule has 1 N–H and O–H groups in total. The van der Waals surface area contributed by atoms with Crippen molar-refractivity contribution in [3.05, 3.63) is 64.5 Å². The second kappa shape index (κ2) is 6.05. The molecule has 1 aromatic carbocycles. The van der Waals surface area contributed by atoms with Crippen molar-refractivity contribution in [3.8, 4) is 0 Å². The lowest BCUT2D eigenvalue weighted by Crippen LogP contribution is -2.29. The SMILES string of the molecule is [N-]=[N+]=C1C(F)=C(F)C(C(=O)C(O)c2ccccc2)=C(F)C1F. The van der Waals surface area contributed by atoms with E-state index in [9.17, 15) is 27.5 Å². The topological polar surface area (TPSA) is 73.7 Å². The van der Waals surface area contributed by atoms with Gasteiger partial charge in [-0.15, -0.1) is 0 Å². The third kappa shape index (κ3) is 2.49. The van der Waals surface area contributed by atoms with Crippen molar-refractivity contribution in [1.82, 2.24) is 0 Å². The van der Waals surface area contributed by atoms with Gasteiger partial charge in [-0.25, -0.2) is 13.2 Å². The van der Waals surface area contributed by atoms with Crippen LogP contribution in [0.3, 0.4) is 0 Å². The van der Waals surface area contributed by atoms with Crippen molar-refractivity contribution in [3.63, 3.8) is 0 Å². The fourth-order valence-corrected chi connectivity index (χ4v) is 1.93. The van der Waals surface area contributed by atoms with E-state index in [4.69, 9.17) is 5.53 Å². The number of carbonyl (C=O) groups excluding carboxylic acids is 1. The van der Waals surface area contributed by atoms with Crippen molar-refractivity contribution >= 4 is 11.5 Å². The van der Waals surface area contributed by atoms with Crippen LogP contribution in [-0.4, -0.2) is 27.6 Å². The quantitative estimate of drug-likeness (QED) is 0.529. The van der Waals surface area contributed by atoms with Crippen molar-refractivity contribution in [2.75, 3.05) is 0 Å². The number of aliphatic hydroxyl groups is 1. The summed E-state index contributed by atoms with van der Waals surface area (Å²) in [6.07, 6.45) is -4.94. The number of rotatable bonds is 3. The van der Waals surface area contributed by atoms with Gasteiger partial charge in [0.15, 0.2) is 11.7 Å². The van der Waals surface area contributed by atoms with Crippen LogP contribution in [0.25, 0.3) is 5.53 Å². The lowest BCUT2D eigenvalue weighted by molar-refractivity contribution is -0.123. The summed E-state index contributed by atoms with van der Waals surface area (Å²) in [4.78, 5) is 14.1. The standard InChI is InChI=1S/C14H8F4N2O2/c15-8-7(9(16)11(18)12(20-19)10(8)17)14(22)13(21)6-4-2-1-3-5-6/h1-5,10,13,21H. The highest BCUT2D eigenvalue weighted by atomic mass is 19.2. The highest BCUT2D eigenvalue weighted by Gasteiger charge is 2.45. The van der Waals surface area contributed by atoms with Crippen molar-refractivity contribution in [2.45, 2.75) is 12.3 Å². The Morgan fingerprint density at radius 1 is 1.18 bits per heavy atom. The number of nitrogens with zero attached hydrogens (tertiary/aromatic N) is 2. The molecule has 0 fully saturated rings. The molecule has 1 aliphatic carbocycles. The number of alkyl halides is 1. The molecule has 2 rings (SSSR count). The van der Waals surface area contributed by atoms with E-state index in [1.807, 2.05) is 0 Å². The van der Waals surface area contributed by atoms with Gasteiger partial charge < -0.3 is 10.6 Å². The maximum atomic E-state index is 13.8. The van der Waals surface area contributed by atoms with E-state index >= 15 is 0 Å². The number of halogens is 4. The number of aliphatic hydroxyl groups excluding tert-OH is 1. The zero-order chi connectivity index (χ0) is 16.4. The smallest absolute Gasteiger partial charge is 0.371 e. The number of allylic oxidation sites excluding steroid dienone is 3. The third-order valence-electron chi connectivity index (χ3n) is 3.06. The minimum absolute atomic E-state index is 0.00182. The number of hydrogen-bond donors (Lipinski definition) is 1. The van der Waals surface area contributed by atoms with Crippen LogP contribution in [0.15, 0.2) is 53.4 Å². The highest BCUT2D eigenvalue weighted by molar-refractivity contribution is 6.10. The maximum absolute atomic E-state index is 13.8. The lowest BCUT2D eigenvalue weighted by atomic mass is 9.92. The van der Waals surface area contributed by atoms with E-state index in [1.165, 1.54) is 24.3 Å². The number of benzene rings is 1. The summed E-state index contributed by atoms with van der Waals surface area (Å²) in [5.41, 5.74) is 5.30. The van der Waals surface area contributed by atoms with Gasteiger partial charge in [-0.3, -0.25) is 4.79 Å². The van der Waals surface area contributed by atoms with E-state index in [0.29, 0.717) is 0 Å². The van der Waals surface area contributed by atoms with Crippen LogP contribution in [0.5, 0.6) is 0 Å². The summed E-state index contributed by atoms with van der Waals surface area (Å²) in [5.74, 6) is -7.54. The Kier molecular flexibility index (Phi) is 4.35. The van der Waals surface area contributed by atoms with Gasteiger partial charge in [0.25, 0.3) is 6.17 Å². The molecule has 22 heavy (non-hydrogen) atoms. The first-order valence-corrected chi connectivity index (χ1v) is 5.99. The summed E-state index contributed by atoms with van der Waals surface area (Å²) in [7, 11) is 0. The van der Waals surface area contributed by atoms with Crippen molar-refractivity contribution in [1.29, 1.82) is 0 Å². The molecule has 0 heterocycles. The minimum atomic E-state index is -2.94. The van der Waals surface area contributed by atoms with E-state index in [-0.39, 0.29) is 5.56 Å². The molecular formula is C14H8F4N2O2. The number of hydrogen-bond acceptors (Lipinski definition) is 2. The number of carbonyl (C=O) groups is 1. The van der Waals surface area contributed by atoms with Crippen LogP contribution in [0.1, 0.15) is 11.7 Å². The molecule has 0 radical (unpaired) electrons. The highest BCUT2D eigenvalue weighted by Crippen LogP contribution is 2.35. The van der Waals surface area contributed by atoms with Crippen LogP contribution < -0.4 is 0 Å². The normalized spacial score (nSPS) is 20.0. The summed E-state index contributed by atoms with van der Waals surface area (Å²) in [5, 5.41) is 9.81. The van der Waals surface area contributed by atoms with Gasteiger partial charge in [-0.2, -0.15) is 9.18 Å². The summed E-state index contributed by atoms with van der Waals surface area (Å²) < 4.78 is 54.5. The van der Waals surface area contributed by atoms with Gasteiger partial charge in [-0.1, -0.05) is 30.3 Å². The number of ketones is 1. The van der Waals surface area contributed by atoms with Gasteiger partial charge in [-0.05, 0) is 5.56 Å². The van der Waals surface area contributed by atoms with Gasteiger partial charge in [0.05, 0.1) is 5.57 Å². The van der Waals surface area contributed by atoms with E-state index in [2.05, 4.69) is 4.79 Å². The van der Waals surface area contributed by atoms with Crippen LogP contribution >= 0.6 is 0 Å². The van der Waals surface area contributed by atoms with Crippen molar-refractivity contribution < 1.29 is 32.3 Å². The zero-order valence-electron chi connectivity index (χ0n) is 10.8. The minimum Gasteiger partial charge on any atom is -0.380 e. The van der Waals surface area contributed by atoms with Crippen LogP contribution in [0.4, 0.5) is 17.6 Å². The van der Waals surface area contributed by atoms with Gasteiger partial charge in [0, 0.05) is 0 Å². The molecule has 0 aromatic heterocycles. The molecule has 0 spiro atoms. The first kappa shape index (κ1) is 15.8. The molecular weight excluding hydrogens is 304 g/mol. The van der Waals surface area contributed by atoms with E-state index in [1.54, 1.807) is 6.07 Å². The molecule has 1 aliphatic rings. The lowest BCUT2D eigenvalue weighted by Gasteiger charge is -2.16. The largest absolute Gasteiger partial charge is 0.380 e. The number of Topliss-reactive ketones (excluding diaryl/α,β-unsaturated/α-hetero) is 1. The van der Waals surface area contributed by atoms with Crippen LogP contribution in [0.2, 0.25) is 0 Å². The Morgan fingerprint density at radius 3 is 2.32 bits per heavy atom. The first-order valence-electron chi connectivity index (χ1n) is 5.99. The monoisotopic (exact) mass is 312 g/mol. The molecule has 2 unspecified atom stereocenters. The first-order chi connectivity index (χ1) is 10.4. The Hall–Kier alpha value is -2.57. The predicted molar refractivity (Wildman–Crippen MR) is 67.3 cm³/mol.